The number of ether oxygens (including phenoxy) is 1. The van der Waals surface area contributed by atoms with Gasteiger partial charge < -0.3 is 9.84 Å². The second-order valence-electron chi connectivity index (χ2n) is 2.41. The van der Waals surface area contributed by atoms with E-state index in [0.29, 0.717) is 5.75 Å². The van der Waals surface area contributed by atoms with Crippen LogP contribution in [-0.2, 0) is 0 Å². The van der Waals surface area contributed by atoms with Gasteiger partial charge in [0, 0.05) is 5.56 Å². The minimum atomic E-state index is -0.650. The van der Waals surface area contributed by atoms with Crippen molar-refractivity contribution in [2.45, 2.75) is 6.10 Å². The smallest absolute Gasteiger partial charge is 0.124 e. The molecule has 0 aliphatic carbocycles. The first-order valence-corrected chi connectivity index (χ1v) is 4.20. The van der Waals surface area contributed by atoms with Crippen molar-refractivity contribution in [1.82, 2.24) is 0 Å². The maximum Gasteiger partial charge on any atom is 0.124 e. The standard InChI is InChI=1S/C9H11ClO2/c1-12-9-5-3-2-4-7(9)8(11)6-10/h2-5,8,11H,6H2,1H3/t8-/m0/s1. The van der Waals surface area contributed by atoms with E-state index in [4.69, 9.17) is 16.3 Å². The Morgan fingerprint density at radius 1 is 1.50 bits per heavy atom. The maximum atomic E-state index is 9.43. The zero-order chi connectivity index (χ0) is 8.97. The van der Waals surface area contributed by atoms with Crippen molar-refractivity contribution in [2.75, 3.05) is 13.0 Å². The average Bonchev–Trinajstić information content (AvgIpc) is 2.16. The molecule has 1 rings (SSSR count). The third kappa shape index (κ3) is 1.90. The Hall–Kier alpha value is -0.730. The molecule has 1 N–H and O–H groups in total. The summed E-state index contributed by atoms with van der Waals surface area (Å²) in [6, 6.07) is 7.29. The number of halogens is 1. The molecule has 2 nitrogen and oxygen atoms in total. The lowest BCUT2D eigenvalue weighted by Crippen LogP contribution is -2.01. The van der Waals surface area contributed by atoms with E-state index >= 15 is 0 Å². The second kappa shape index (κ2) is 4.33. The molecule has 3 heteroatoms. The van der Waals surface area contributed by atoms with Crippen LogP contribution in [0.4, 0.5) is 0 Å². The van der Waals surface area contributed by atoms with Crippen LogP contribution in [0.3, 0.4) is 0 Å². The van der Waals surface area contributed by atoms with Gasteiger partial charge in [-0.25, -0.2) is 0 Å². The molecule has 0 aliphatic rings. The first kappa shape index (κ1) is 9.36. The van der Waals surface area contributed by atoms with E-state index in [9.17, 15) is 5.11 Å². The van der Waals surface area contributed by atoms with E-state index in [1.807, 2.05) is 12.1 Å². The van der Waals surface area contributed by atoms with Crippen molar-refractivity contribution in [1.29, 1.82) is 0 Å². The summed E-state index contributed by atoms with van der Waals surface area (Å²) in [6.45, 7) is 0. The van der Waals surface area contributed by atoms with Gasteiger partial charge in [0.15, 0.2) is 0 Å². The van der Waals surface area contributed by atoms with E-state index in [1.54, 1.807) is 19.2 Å². The average molecular weight is 187 g/mol. The van der Waals surface area contributed by atoms with Crippen molar-refractivity contribution < 1.29 is 9.84 Å². The van der Waals surface area contributed by atoms with Gasteiger partial charge >= 0.3 is 0 Å². The molecule has 0 heterocycles. The Balaban J connectivity index is 2.96. The molecule has 1 atom stereocenters. The minimum absolute atomic E-state index is 0.181. The van der Waals surface area contributed by atoms with Crippen LogP contribution in [0.2, 0.25) is 0 Å². The Labute approximate surface area is 76.7 Å². The number of para-hydroxylation sites is 1. The normalized spacial score (nSPS) is 12.6. The molecule has 0 radical (unpaired) electrons. The van der Waals surface area contributed by atoms with Gasteiger partial charge in [-0.05, 0) is 6.07 Å². The summed E-state index contributed by atoms with van der Waals surface area (Å²) in [4.78, 5) is 0. The lowest BCUT2D eigenvalue weighted by Gasteiger charge is -2.11. The van der Waals surface area contributed by atoms with Gasteiger partial charge in [0.1, 0.15) is 5.75 Å². The van der Waals surface area contributed by atoms with Crippen molar-refractivity contribution in [3.8, 4) is 5.75 Å². The third-order valence-electron chi connectivity index (χ3n) is 1.64. The number of hydrogen-bond acceptors (Lipinski definition) is 2. The van der Waals surface area contributed by atoms with Gasteiger partial charge in [0.2, 0.25) is 0 Å². The van der Waals surface area contributed by atoms with Crippen molar-refractivity contribution in [3.05, 3.63) is 29.8 Å². The van der Waals surface area contributed by atoms with E-state index in [0.717, 1.165) is 5.56 Å². The minimum Gasteiger partial charge on any atom is -0.496 e. The number of aliphatic hydroxyl groups excluding tert-OH is 1. The molecule has 0 saturated heterocycles. The summed E-state index contributed by atoms with van der Waals surface area (Å²) < 4.78 is 5.05. The van der Waals surface area contributed by atoms with Crippen LogP contribution in [0.1, 0.15) is 11.7 Å². The van der Waals surface area contributed by atoms with Gasteiger partial charge in [0.05, 0.1) is 19.1 Å². The van der Waals surface area contributed by atoms with Crippen LogP contribution < -0.4 is 4.74 Å². The first-order chi connectivity index (χ1) is 5.79. The molecule has 0 aromatic heterocycles. The van der Waals surface area contributed by atoms with Crippen molar-refractivity contribution >= 4 is 11.6 Å². The lowest BCUT2D eigenvalue weighted by molar-refractivity contribution is 0.197. The molecule has 66 valence electrons. The van der Waals surface area contributed by atoms with Gasteiger partial charge in [-0.1, -0.05) is 18.2 Å². The summed E-state index contributed by atoms with van der Waals surface area (Å²) in [5.74, 6) is 0.853. The van der Waals surface area contributed by atoms with Crippen molar-refractivity contribution in [3.63, 3.8) is 0 Å². The highest BCUT2D eigenvalue weighted by molar-refractivity contribution is 6.18. The fraction of sp³-hybridized carbons (Fsp3) is 0.333. The molecule has 0 saturated carbocycles. The van der Waals surface area contributed by atoms with E-state index < -0.39 is 6.10 Å². The van der Waals surface area contributed by atoms with Crippen LogP contribution in [0, 0.1) is 0 Å². The molecular weight excluding hydrogens is 176 g/mol. The number of methoxy groups -OCH3 is 1. The topological polar surface area (TPSA) is 29.5 Å². The molecular formula is C9H11ClO2. The third-order valence-corrected chi connectivity index (χ3v) is 1.94. The fourth-order valence-corrected chi connectivity index (χ4v) is 1.19. The van der Waals surface area contributed by atoms with E-state index in [-0.39, 0.29) is 5.88 Å². The predicted octanol–water partition coefficient (Wildman–Crippen LogP) is 1.97. The second-order valence-corrected chi connectivity index (χ2v) is 2.72. The number of benzene rings is 1. The number of rotatable bonds is 3. The summed E-state index contributed by atoms with van der Waals surface area (Å²) in [7, 11) is 1.57. The highest BCUT2D eigenvalue weighted by atomic mass is 35.5. The van der Waals surface area contributed by atoms with E-state index in [1.165, 1.54) is 0 Å². The zero-order valence-electron chi connectivity index (χ0n) is 6.83. The number of aliphatic hydroxyl groups is 1. The van der Waals surface area contributed by atoms with Gasteiger partial charge in [0.25, 0.3) is 0 Å². The SMILES string of the molecule is COc1ccccc1[C@@H](O)CCl. The molecule has 0 spiro atoms. The molecule has 0 aliphatic heterocycles. The summed E-state index contributed by atoms with van der Waals surface area (Å²) in [5.41, 5.74) is 0.731. The Bertz CT molecular complexity index is 250. The largest absolute Gasteiger partial charge is 0.496 e. The molecule has 1 aromatic carbocycles. The zero-order valence-corrected chi connectivity index (χ0v) is 7.58. The predicted molar refractivity (Wildman–Crippen MR) is 48.7 cm³/mol. The monoisotopic (exact) mass is 186 g/mol. The molecule has 12 heavy (non-hydrogen) atoms. The molecule has 0 bridgehead atoms. The van der Waals surface area contributed by atoms with Gasteiger partial charge in [-0.3, -0.25) is 0 Å². The lowest BCUT2D eigenvalue weighted by atomic mass is 10.1. The molecule has 0 amide bonds. The Morgan fingerprint density at radius 3 is 2.75 bits per heavy atom. The highest BCUT2D eigenvalue weighted by Crippen LogP contribution is 2.24. The Kier molecular flexibility index (Phi) is 3.38. The van der Waals surface area contributed by atoms with Crippen LogP contribution in [-0.4, -0.2) is 18.1 Å². The van der Waals surface area contributed by atoms with E-state index in [2.05, 4.69) is 0 Å². The van der Waals surface area contributed by atoms with Crippen LogP contribution in [0.15, 0.2) is 24.3 Å². The maximum absolute atomic E-state index is 9.43. The van der Waals surface area contributed by atoms with Crippen LogP contribution in [0.25, 0.3) is 0 Å². The molecule has 0 unspecified atom stereocenters. The van der Waals surface area contributed by atoms with Crippen LogP contribution >= 0.6 is 11.6 Å². The Morgan fingerprint density at radius 2 is 2.17 bits per heavy atom. The van der Waals surface area contributed by atoms with Gasteiger partial charge in [-0.15, -0.1) is 11.6 Å². The quantitative estimate of drug-likeness (QED) is 0.732. The molecule has 0 fully saturated rings. The van der Waals surface area contributed by atoms with Gasteiger partial charge in [-0.2, -0.15) is 0 Å². The first-order valence-electron chi connectivity index (χ1n) is 3.66. The molecule has 1 aromatic rings. The van der Waals surface area contributed by atoms with Crippen LogP contribution in [0.5, 0.6) is 5.75 Å². The number of hydrogen-bond donors (Lipinski definition) is 1. The van der Waals surface area contributed by atoms with Crippen molar-refractivity contribution in [2.24, 2.45) is 0 Å². The number of alkyl halides is 1. The summed E-state index contributed by atoms with van der Waals surface area (Å²) >= 11 is 5.51. The highest BCUT2D eigenvalue weighted by Gasteiger charge is 2.10. The summed E-state index contributed by atoms with van der Waals surface area (Å²) in [6.07, 6.45) is -0.650. The summed E-state index contributed by atoms with van der Waals surface area (Å²) in [5, 5.41) is 9.43. The fourth-order valence-electron chi connectivity index (χ4n) is 1.02.